The Kier molecular flexibility index (Phi) is 32.1. The highest BCUT2D eigenvalue weighted by molar-refractivity contribution is 4.99. The van der Waals surface area contributed by atoms with Gasteiger partial charge in [0.05, 0.1) is 19.6 Å². The van der Waals surface area contributed by atoms with Gasteiger partial charge in [0.25, 0.3) is 0 Å². The third-order valence-electron chi connectivity index (χ3n) is 7.65. The molecule has 0 radical (unpaired) electrons. The van der Waals surface area contributed by atoms with Gasteiger partial charge in [0, 0.05) is 6.42 Å². The van der Waals surface area contributed by atoms with E-state index in [9.17, 15) is 0 Å². The molecule has 0 aliphatic carbocycles. The van der Waals surface area contributed by atoms with Gasteiger partial charge in [0.1, 0.15) is 6.54 Å². The van der Waals surface area contributed by atoms with Gasteiger partial charge in [-0.15, -0.1) is 0 Å². The molecule has 0 atom stereocenters. The third-order valence-corrected chi connectivity index (χ3v) is 7.65. The van der Waals surface area contributed by atoms with E-state index in [-0.39, 0.29) is 17.0 Å². The molecule has 0 aliphatic heterocycles. The Morgan fingerprint density at radius 1 is 0.371 bits per heavy atom. The van der Waals surface area contributed by atoms with Crippen LogP contribution in [0.3, 0.4) is 0 Å². The summed E-state index contributed by atoms with van der Waals surface area (Å²) in [5, 5.41) is 0. The lowest BCUT2D eigenvalue weighted by molar-refractivity contribution is -0.922. The van der Waals surface area contributed by atoms with E-state index in [1.54, 1.807) is 0 Å². The molecule has 0 spiro atoms. The maximum absolute atomic E-state index is 3.71. The van der Waals surface area contributed by atoms with Crippen molar-refractivity contribution < 1.29 is 21.5 Å². The summed E-state index contributed by atoms with van der Waals surface area (Å²) < 4.78 is 1.30. The molecular formula is C33H66BrN. The zero-order valence-corrected chi connectivity index (χ0v) is 26.5. The summed E-state index contributed by atoms with van der Waals surface area (Å²) in [6, 6.07) is 0. The lowest BCUT2D eigenvalue weighted by atomic mass is 10.1. The van der Waals surface area contributed by atoms with E-state index in [1.165, 1.54) is 165 Å². The van der Waals surface area contributed by atoms with Crippen molar-refractivity contribution in [3.05, 3.63) is 0 Å². The minimum Gasteiger partial charge on any atom is -1.00 e. The molecule has 0 aliphatic rings. The lowest BCUT2D eigenvalue weighted by Gasteiger charge is -2.38. The van der Waals surface area contributed by atoms with E-state index < -0.39 is 0 Å². The van der Waals surface area contributed by atoms with Crippen molar-refractivity contribution in [1.82, 2.24) is 0 Å². The van der Waals surface area contributed by atoms with Crippen molar-refractivity contribution in [3.8, 4) is 11.8 Å². The van der Waals surface area contributed by atoms with Crippen LogP contribution in [0.25, 0.3) is 0 Å². The second-order valence-corrected chi connectivity index (χ2v) is 11.1. The van der Waals surface area contributed by atoms with Gasteiger partial charge in [-0.3, -0.25) is 0 Å². The van der Waals surface area contributed by atoms with Crippen LogP contribution in [0.2, 0.25) is 0 Å². The molecule has 210 valence electrons. The van der Waals surface area contributed by atoms with Crippen LogP contribution in [0.1, 0.15) is 175 Å². The highest BCUT2D eigenvalue weighted by Crippen LogP contribution is 2.18. The van der Waals surface area contributed by atoms with Crippen molar-refractivity contribution in [2.24, 2.45) is 0 Å². The summed E-state index contributed by atoms with van der Waals surface area (Å²) in [6.45, 7) is 14.5. The highest BCUT2D eigenvalue weighted by atomic mass is 79.9. The van der Waals surface area contributed by atoms with Crippen LogP contribution in [-0.4, -0.2) is 30.7 Å². The number of halogens is 1. The predicted molar refractivity (Wildman–Crippen MR) is 156 cm³/mol. The fourth-order valence-corrected chi connectivity index (χ4v) is 5.21. The molecule has 35 heavy (non-hydrogen) atoms. The lowest BCUT2D eigenvalue weighted by Crippen LogP contribution is -3.00. The molecule has 0 amide bonds. The quantitative estimate of drug-likeness (QED) is 0.0578. The summed E-state index contributed by atoms with van der Waals surface area (Å²) in [7, 11) is 0. The van der Waals surface area contributed by atoms with Crippen LogP contribution in [0.15, 0.2) is 0 Å². The van der Waals surface area contributed by atoms with Gasteiger partial charge in [-0.25, -0.2) is 0 Å². The molecule has 0 aromatic heterocycles. The average Bonchev–Trinajstić information content (AvgIpc) is 2.85. The van der Waals surface area contributed by atoms with Gasteiger partial charge < -0.3 is 21.5 Å². The van der Waals surface area contributed by atoms with E-state index in [1.807, 2.05) is 0 Å². The summed E-state index contributed by atoms with van der Waals surface area (Å²) in [4.78, 5) is 0. The summed E-state index contributed by atoms with van der Waals surface area (Å²) in [5.41, 5.74) is 0. The van der Waals surface area contributed by atoms with Crippen LogP contribution in [0, 0.1) is 11.8 Å². The number of hydrogen-bond donors (Lipinski definition) is 0. The Balaban J connectivity index is 0. The van der Waals surface area contributed by atoms with Crippen molar-refractivity contribution in [3.63, 3.8) is 0 Å². The van der Waals surface area contributed by atoms with E-state index in [2.05, 4.69) is 39.5 Å². The SMILES string of the molecule is CCCCCCC#CC[N+](CCCCCCCC)(CCCCCCCC)CCCCCCCC.[Br-]. The maximum Gasteiger partial charge on any atom is 0.140 e. The van der Waals surface area contributed by atoms with Crippen LogP contribution < -0.4 is 17.0 Å². The smallest absolute Gasteiger partial charge is 0.140 e. The van der Waals surface area contributed by atoms with Crippen molar-refractivity contribution >= 4 is 0 Å². The summed E-state index contributed by atoms with van der Waals surface area (Å²) >= 11 is 0. The summed E-state index contributed by atoms with van der Waals surface area (Å²) in [5.74, 6) is 7.30. The van der Waals surface area contributed by atoms with Gasteiger partial charge in [-0.1, -0.05) is 130 Å². The van der Waals surface area contributed by atoms with Gasteiger partial charge >= 0.3 is 0 Å². The monoisotopic (exact) mass is 555 g/mol. The second kappa shape index (κ2) is 30.2. The number of unbranched alkanes of at least 4 members (excludes halogenated alkanes) is 19. The molecular weight excluding hydrogens is 490 g/mol. The first-order valence-corrected chi connectivity index (χ1v) is 16.1. The Labute approximate surface area is 234 Å². The molecule has 0 aromatic rings. The maximum atomic E-state index is 3.71. The molecule has 2 heteroatoms. The Hall–Kier alpha value is 0. The second-order valence-electron chi connectivity index (χ2n) is 11.1. The average molecular weight is 557 g/mol. The zero-order chi connectivity index (χ0) is 25.0. The largest absolute Gasteiger partial charge is 1.00 e. The standard InChI is InChI=1S/C33H66N.BrH/c1-5-9-13-17-21-25-29-33-34(30-26-22-18-14-10-6-2,31-27-23-19-15-11-7-3)32-28-24-20-16-12-8-4;/h5-24,26-28,30-33H2,1-4H3;1H/q+1;/p-1. The van der Waals surface area contributed by atoms with Crippen molar-refractivity contribution in [2.45, 2.75) is 175 Å². The molecule has 0 heterocycles. The molecule has 0 saturated carbocycles. The normalized spacial score (nSPS) is 11.2. The topological polar surface area (TPSA) is 0 Å². The minimum absolute atomic E-state index is 0. The molecule has 0 N–H and O–H groups in total. The number of quaternary nitrogens is 1. The van der Waals surface area contributed by atoms with Crippen molar-refractivity contribution in [1.29, 1.82) is 0 Å². The number of nitrogens with zero attached hydrogens (tertiary/aromatic N) is 1. The van der Waals surface area contributed by atoms with Crippen LogP contribution in [0.5, 0.6) is 0 Å². The Morgan fingerprint density at radius 2 is 0.686 bits per heavy atom. The van der Waals surface area contributed by atoms with Crippen molar-refractivity contribution in [2.75, 3.05) is 26.2 Å². The van der Waals surface area contributed by atoms with Gasteiger partial charge in [0.15, 0.2) is 0 Å². The summed E-state index contributed by atoms with van der Waals surface area (Å²) in [6.07, 6.45) is 31.9. The third kappa shape index (κ3) is 25.4. The van der Waals surface area contributed by atoms with Crippen LogP contribution in [-0.2, 0) is 0 Å². The van der Waals surface area contributed by atoms with Gasteiger partial charge in [-0.2, -0.15) is 0 Å². The van der Waals surface area contributed by atoms with Gasteiger partial charge in [-0.05, 0) is 50.9 Å². The molecule has 0 saturated heterocycles. The molecule has 0 rings (SSSR count). The first kappa shape index (κ1) is 37.2. The van der Waals surface area contributed by atoms with E-state index in [0.29, 0.717) is 0 Å². The molecule has 1 nitrogen and oxygen atoms in total. The van der Waals surface area contributed by atoms with Crippen LogP contribution in [0.4, 0.5) is 0 Å². The molecule has 0 aromatic carbocycles. The highest BCUT2D eigenvalue weighted by Gasteiger charge is 2.25. The van der Waals surface area contributed by atoms with E-state index in [0.717, 1.165) is 13.0 Å². The molecule has 0 unspecified atom stereocenters. The number of rotatable bonds is 26. The molecule has 0 bridgehead atoms. The number of hydrogen-bond acceptors (Lipinski definition) is 0. The van der Waals surface area contributed by atoms with Gasteiger partial charge in [0.2, 0.25) is 0 Å². The minimum atomic E-state index is 0. The van der Waals surface area contributed by atoms with E-state index >= 15 is 0 Å². The fourth-order valence-electron chi connectivity index (χ4n) is 5.21. The fraction of sp³-hybridized carbons (Fsp3) is 0.939. The predicted octanol–water partition coefficient (Wildman–Crippen LogP) is 7.86. The Morgan fingerprint density at radius 3 is 1.06 bits per heavy atom. The van der Waals surface area contributed by atoms with Crippen LogP contribution >= 0.6 is 0 Å². The Bertz CT molecular complexity index is 409. The zero-order valence-electron chi connectivity index (χ0n) is 24.9. The molecule has 0 fully saturated rings. The van der Waals surface area contributed by atoms with E-state index in [4.69, 9.17) is 0 Å². The first-order valence-electron chi connectivity index (χ1n) is 16.1. The first-order chi connectivity index (χ1) is 16.7.